The van der Waals surface area contributed by atoms with E-state index >= 15 is 0 Å². The molecule has 0 amide bonds. The molecule has 0 saturated heterocycles. The molecule has 2 rings (SSSR count). The van der Waals surface area contributed by atoms with E-state index in [0.29, 0.717) is 32.8 Å². The summed E-state index contributed by atoms with van der Waals surface area (Å²) in [5.74, 6) is 0.522. The molecular formula is C15H13Cl3O2. The van der Waals surface area contributed by atoms with Crippen LogP contribution in [0.1, 0.15) is 17.2 Å². The molecule has 0 aliphatic heterocycles. The van der Waals surface area contributed by atoms with Gasteiger partial charge in [-0.3, -0.25) is 0 Å². The number of methoxy groups -OCH3 is 1. The summed E-state index contributed by atoms with van der Waals surface area (Å²) in [4.78, 5) is 0. The molecule has 1 N–H and O–H groups in total. The van der Waals surface area contributed by atoms with Crippen LogP contribution in [0.25, 0.3) is 0 Å². The first-order chi connectivity index (χ1) is 9.52. The predicted molar refractivity (Wildman–Crippen MR) is 83.1 cm³/mol. The highest BCUT2D eigenvalue weighted by Crippen LogP contribution is 2.32. The van der Waals surface area contributed by atoms with E-state index in [2.05, 4.69) is 0 Å². The molecule has 2 aromatic rings. The van der Waals surface area contributed by atoms with Gasteiger partial charge >= 0.3 is 0 Å². The van der Waals surface area contributed by atoms with Crippen molar-refractivity contribution < 1.29 is 9.84 Å². The van der Waals surface area contributed by atoms with Crippen molar-refractivity contribution in [3.63, 3.8) is 0 Å². The summed E-state index contributed by atoms with van der Waals surface area (Å²) in [6.07, 6.45) is -0.415. The van der Waals surface area contributed by atoms with Crippen molar-refractivity contribution in [3.8, 4) is 5.75 Å². The molecule has 20 heavy (non-hydrogen) atoms. The lowest BCUT2D eigenvalue weighted by Gasteiger charge is -2.15. The standard InChI is InChI=1S/C15H13Cl3O2/c1-20-15-7-9(5-6-13(15)18)14(19)8-10-11(16)3-2-4-12(10)17/h2-7,14,19H,8H2,1H3. The Labute approximate surface area is 132 Å². The SMILES string of the molecule is COc1cc(C(O)Cc2c(Cl)cccc2Cl)ccc1Cl. The summed E-state index contributed by atoms with van der Waals surface area (Å²) in [5, 5.41) is 11.9. The Morgan fingerprint density at radius 1 is 1.05 bits per heavy atom. The van der Waals surface area contributed by atoms with Gasteiger partial charge in [0.25, 0.3) is 0 Å². The van der Waals surface area contributed by atoms with Crippen LogP contribution in [-0.4, -0.2) is 12.2 Å². The maximum Gasteiger partial charge on any atom is 0.137 e. The number of hydrogen-bond donors (Lipinski definition) is 1. The van der Waals surface area contributed by atoms with Crippen LogP contribution >= 0.6 is 34.8 Å². The first-order valence-corrected chi connectivity index (χ1v) is 7.10. The molecule has 0 heterocycles. The van der Waals surface area contributed by atoms with Crippen molar-refractivity contribution in [2.24, 2.45) is 0 Å². The zero-order chi connectivity index (χ0) is 14.7. The fourth-order valence-corrected chi connectivity index (χ4v) is 2.67. The minimum Gasteiger partial charge on any atom is -0.495 e. The number of benzene rings is 2. The van der Waals surface area contributed by atoms with Crippen LogP contribution in [0.5, 0.6) is 5.75 Å². The smallest absolute Gasteiger partial charge is 0.137 e. The molecular weight excluding hydrogens is 319 g/mol. The average molecular weight is 332 g/mol. The van der Waals surface area contributed by atoms with Crippen molar-refractivity contribution >= 4 is 34.8 Å². The van der Waals surface area contributed by atoms with Crippen LogP contribution in [-0.2, 0) is 6.42 Å². The van der Waals surface area contributed by atoms with Crippen molar-refractivity contribution in [1.29, 1.82) is 0 Å². The highest BCUT2D eigenvalue weighted by Gasteiger charge is 2.15. The van der Waals surface area contributed by atoms with E-state index in [1.165, 1.54) is 7.11 Å². The Morgan fingerprint density at radius 3 is 2.30 bits per heavy atom. The fraction of sp³-hybridized carbons (Fsp3) is 0.200. The molecule has 5 heteroatoms. The summed E-state index contributed by atoms with van der Waals surface area (Å²) in [7, 11) is 1.53. The highest BCUT2D eigenvalue weighted by molar-refractivity contribution is 6.36. The van der Waals surface area contributed by atoms with E-state index in [9.17, 15) is 5.11 Å². The minimum absolute atomic E-state index is 0.323. The second-order valence-electron chi connectivity index (χ2n) is 4.31. The lowest BCUT2D eigenvalue weighted by Crippen LogP contribution is -2.03. The maximum absolute atomic E-state index is 10.3. The molecule has 0 saturated carbocycles. The number of hydrogen-bond acceptors (Lipinski definition) is 2. The second-order valence-corrected chi connectivity index (χ2v) is 5.54. The third-order valence-electron chi connectivity index (χ3n) is 3.02. The van der Waals surface area contributed by atoms with Crippen LogP contribution in [0, 0.1) is 0 Å². The molecule has 2 aromatic carbocycles. The Balaban J connectivity index is 2.26. The molecule has 0 radical (unpaired) electrons. The van der Waals surface area contributed by atoms with E-state index in [-0.39, 0.29) is 0 Å². The number of rotatable bonds is 4. The van der Waals surface area contributed by atoms with Gasteiger partial charge in [0.15, 0.2) is 0 Å². The van der Waals surface area contributed by atoms with Gasteiger partial charge in [-0.1, -0.05) is 46.9 Å². The van der Waals surface area contributed by atoms with Gasteiger partial charge in [0.1, 0.15) is 5.75 Å². The van der Waals surface area contributed by atoms with Crippen LogP contribution < -0.4 is 4.74 Å². The molecule has 1 atom stereocenters. The van der Waals surface area contributed by atoms with Gasteiger partial charge in [0, 0.05) is 16.5 Å². The lowest BCUT2D eigenvalue weighted by atomic mass is 10.0. The predicted octanol–water partition coefficient (Wildman–Crippen LogP) is 4.93. The second kappa shape index (κ2) is 6.68. The topological polar surface area (TPSA) is 29.5 Å². The highest BCUT2D eigenvalue weighted by atomic mass is 35.5. The monoisotopic (exact) mass is 330 g/mol. The van der Waals surface area contributed by atoms with E-state index < -0.39 is 6.10 Å². The maximum atomic E-state index is 10.3. The van der Waals surface area contributed by atoms with E-state index in [0.717, 1.165) is 5.56 Å². The molecule has 0 fully saturated rings. The quantitative estimate of drug-likeness (QED) is 0.860. The number of ether oxygens (including phenoxy) is 1. The van der Waals surface area contributed by atoms with Gasteiger partial charge in [-0.05, 0) is 35.4 Å². The minimum atomic E-state index is -0.737. The summed E-state index contributed by atoms with van der Waals surface area (Å²) in [5.41, 5.74) is 1.42. The van der Waals surface area contributed by atoms with Gasteiger partial charge in [-0.15, -0.1) is 0 Å². The molecule has 1 unspecified atom stereocenters. The first kappa shape index (κ1) is 15.5. The van der Waals surface area contributed by atoms with E-state index in [1.54, 1.807) is 36.4 Å². The van der Waals surface area contributed by atoms with Crippen LogP contribution in [0.15, 0.2) is 36.4 Å². The van der Waals surface area contributed by atoms with Crippen molar-refractivity contribution in [1.82, 2.24) is 0 Å². The molecule has 0 aliphatic rings. The van der Waals surface area contributed by atoms with Crippen LogP contribution in [0.4, 0.5) is 0 Å². The lowest BCUT2D eigenvalue weighted by molar-refractivity contribution is 0.178. The Morgan fingerprint density at radius 2 is 1.70 bits per heavy atom. The van der Waals surface area contributed by atoms with Crippen molar-refractivity contribution in [2.75, 3.05) is 7.11 Å². The first-order valence-electron chi connectivity index (χ1n) is 5.97. The van der Waals surface area contributed by atoms with Gasteiger partial charge in [-0.25, -0.2) is 0 Å². The zero-order valence-electron chi connectivity index (χ0n) is 10.7. The molecule has 2 nitrogen and oxygen atoms in total. The summed E-state index contributed by atoms with van der Waals surface area (Å²) >= 11 is 18.2. The van der Waals surface area contributed by atoms with E-state index in [4.69, 9.17) is 39.5 Å². The molecule has 0 bridgehead atoms. The Kier molecular flexibility index (Phi) is 5.17. The number of aliphatic hydroxyl groups excluding tert-OH is 1. The third-order valence-corrected chi connectivity index (χ3v) is 4.04. The molecule has 106 valence electrons. The summed E-state index contributed by atoms with van der Waals surface area (Å²) in [6.45, 7) is 0. The molecule has 0 aromatic heterocycles. The molecule has 0 aliphatic carbocycles. The van der Waals surface area contributed by atoms with Gasteiger partial charge in [-0.2, -0.15) is 0 Å². The average Bonchev–Trinajstić information content (AvgIpc) is 2.43. The normalized spacial score (nSPS) is 12.2. The van der Waals surface area contributed by atoms with Crippen LogP contribution in [0.3, 0.4) is 0 Å². The summed E-state index contributed by atoms with van der Waals surface area (Å²) < 4.78 is 5.14. The van der Waals surface area contributed by atoms with Crippen molar-refractivity contribution in [3.05, 3.63) is 62.6 Å². The number of halogens is 3. The van der Waals surface area contributed by atoms with Crippen LogP contribution in [0.2, 0.25) is 15.1 Å². The van der Waals surface area contributed by atoms with Gasteiger partial charge < -0.3 is 9.84 Å². The summed E-state index contributed by atoms with van der Waals surface area (Å²) in [6, 6.07) is 10.4. The Bertz CT molecular complexity index is 594. The number of aliphatic hydroxyl groups is 1. The largest absolute Gasteiger partial charge is 0.495 e. The van der Waals surface area contributed by atoms with E-state index in [1.807, 2.05) is 0 Å². The van der Waals surface area contributed by atoms with Gasteiger partial charge in [0.2, 0.25) is 0 Å². The molecule has 0 spiro atoms. The third kappa shape index (κ3) is 3.39. The van der Waals surface area contributed by atoms with Crippen molar-refractivity contribution in [2.45, 2.75) is 12.5 Å². The fourth-order valence-electron chi connectivity index (χ4n) is 1.92. The zero-order valence-corrected chi connectivity index (χ0v) is 13.0. The Hall–Kier alpha value is -0.930. The van der Waals surface area contributed by atoms with Gasteiger partial charge in [0.05, 0.1) is 18.2 Å².